The van der Waals surface area contributed by atoms with E-state index in [2.05, 4.69) is 9.97 Å². The molecule has 1 atom stereocenters. The highest BCUT2D eigenvalue weighted by atomic mass is 32.2. The van der Waals surface area contributed by atoms with Crippen molar-refractivity contribution in [3.63, 3.8) is 0 Å². The summed E-state index contributed by atoms with van der Waals surface area (Å²) in [5.74, 6) is 1.68. The molecule has 35 heavy (non-hydrogen) atoms. The zero-order valence-corrected chi connectivity index (χ0v) is 20.2. The van der Waals surface area contributed by atoms with E-state index in [0.29, 0.717) is 6.42 Å². The highest BCUT2D eigenvalue weighted by Crippen LogP contribution is 2.35. The van der Waals surface area contributed by atoms with Crippen LogP contribution >= 0.6 is 11.8 Å². The van der Waals surface area contributed by atoms with Gasteiger partial charge in [0.25, 0.3) is 5.91 Å². The molecule has 3 aromatic carbocycles. The number of thioether (sulfide) groups is 1. The van der Waals surface area contributed by atoms with E-state index in [4.69, 9.17) is 14.6 Å². The zero-order valence-electron chi connectivity index (χ0n) is 19.4. The molecule has 0 aliphatic carbocycles. The molecule has 1 amide bonds. The Morgan fingerprint density at radius 2 is 1.63 bits per heavy atom. The Morgan fingerprint density at radius 1 is 0.943 bits per heavy atom. The molecule has 1 aliphatic heterocycles. The second kappa shape index (κ2) is 10.1. The average Bonchev–Trinajstić information content (AvgIpc) is 3.37. The summed E-state index contributed by atoms with van der Waals surface area (Å²) in [6.07, 6.45) is 2.15. The van der Waals surface area contributed by atoms with Crippen LogP contribution in [0.15, 0.2) is 89.3 Å². The second-order valence-corrected chi connectivity index (χ2v) is 8.96. The number of para-hydroxylation sites is 1. The molecule has 0 fully saturated rings. The summed E-state index contributed by atoms with van der Waals surface area (Å²) in [4.78, 5) is 22.2. The number of carbonyl (C=O) groups is 1. The van der Waals surface area contributed by atoms with E-state index in [1.54, 1.807) is 19.2 Å². The highest BCUT2D eigenvalue weighted by Gasteiger charge is 2.33. The van der Waals surface area contributed by atoms with Crippen molar-refractivity contribution in [1.29, 1.82) is 0 Å². The SMILES string of the molecule is COc1ccc(C2=NN(C(=O)CSc3ncnc4ccccc34)[C@H](c3ccc(OC)cc3)C2)cc1. The Hall–Kier alpha value is -3.91. The Morgan fingerprint density at radius 3 is 2.34 bits per heavy atom. The first-order chi connectivity index (χ1) is 17.2. The Bertz CT molecular complexity index is 1370. The monoisotopic (exact) mass is 484 g/mol. The predicted molar refractivity (Wildman–Crippen MR) is 137 cm³/mol. The normalized spacial score (nSPS) is 15.2. The van der Waals surface area contributed by atoms with Crippen LogP contribution in [0.3, 0.4) is 0 Å². The maximum Gasteiger partial charge on any atom is 0.253 e. The molecule has 2 heterocycles. The van der Waals surface area contributed by atoms with Gasteiger partial charge in [-0.25, -0.2) is 15.0 Å². The van der Waals surface area contributed by atoms with Crippen LogP contribution in [0.2, 0.25) is 0 Å². The van der Waals surface area contributed by atoms with Gasteiger partial charge in [0.1, 0.15) is 22.9 Å². The number of carbonyl (C=O) groups excluding carboxylic acids is 1. The molecule has 176 valence electrons. The zero-order chi connectivity index (χ0) is 24.2. The van der Waals surface area contributed by atoms with Crippen LogP contribution in [0, 0.1) is 0 Å². The van der Waals surface area contributed by atoms with Gasteiger partial charge in [-0.05, 0) is 53.6 Å². The first-order valence-electron chi connectivity index (χ1n) is 11.2. The molecule has 0 N–H and O–H groups in total. The van der Waals surface area contributed by atoms with E-state index >= 15 is 0 Å². The van der Waals surface area contributed by atoms with Crippen molar-refractivity contribution in [2.75, 3.05) is 20.0 Å². The summed E-state index contributed by atoms with van der Waals surface area (Å²) < 4.78 is 10.6. The summed E-state index contributed by atoms with van der Waals surface area (Å²) >= 11 is 1.40. The van der Waals surface area contributed by atoms with E-state index in [9.17, 15) is 4.79 Å². The molecule has 0 bridgehead atoms. The smallest absolute Gasteiger partial charge is 0.253 e. The summed E-state index contributed by atoms with van der Waals surface area (Å²) in [6, 6.07) is 23.1. The molecule has 0 saturated carbocycles. The van der Waals surface area contributed by atoms with Crippen LogP contribution < -0.4 is 9.47 Å². The molecule has 0 spiro atoms. The van der Waals surface area contributed by atoms with Crippen LogP contribution in [0.4, 0.5) is 0 Å². The minimum Gasteiger partial charge on any atom is -0.497 e. The van der Waals surface area contributed by atoms with Gasteiger partial charge in [0.05, 0.1) is 37.2 Å². The van der Waals surface area contributed by atoms with Gasteiger partial charge in [0, 0.05) is 11.8 Å². The molecule has 0 radical (unpaired) electrons. The Balaban J connectivity index is 1.41. The third kappa shape index (κ3) is 4.83. The van der Waals surface area contributed by atoms with Gasteiger partial charge in [-0.15, -0.1) is 0 Å². The first kappa shape index (κ1) is 22.9. The number of fused-ring (bicyclic) bond motifs is 1. The number of benzene rings is 3. The number of nitrogens with zero attached hydrogens (tertiary/aromatic N) is 4. The molecule has 5 rings (SSSR count). The fraction of sp³-hybridized carbons (Fsp3) is 0.185. The van der Waals surface area contributed by atoms with E-state index < -0.39 is 0 Å². The van der Waals surface area contributed by atoms with Gasteiger partial charge < -0.3 is 9.47 Å². The van der Waals surface area contributed by atoms with Crippen molar-refractivity contribution in [1.82, 2.24) is 15.0 Å². The van der Waals surface area contributed by atoms with Gasteiger partial charge in [-0.3, -0.25) is 4.79 Å². The lowest BCUT2D eigenvalue weighted by atomic mass is 9.98. The number of hydrogen-bond donors (Lipinski definition) is 0. The van der Waals surface area contributed by atoms with E-state index in [-0.39, 0.29) is 17.7 Å². The maximum absolute atomic E-state index is 13.4. The van der Waals surface area contributed by atoms with Gasteiger partial charge in [0.15, 0.2) is 0 Å². The summed E-state index contributed by atoms with van der Waals surface area (Å²) in [5, 5.41) is 8.09. The third-order valence-electron chi connectivity index (χ3n) is 5.93. The van der Waals surface area contributed by atoms with E-state index in [1.165, 1.54) is 18.1 Å². The number of rotatable bonds is 7. The lowest BCUT2D eigenvalue weighted by molar-refractivity contribution is -0.130. The van der Waals surface area contributed by atoms with E-state index in [0.717, 1.165) is 44.3 Å². The molecule has 1 aliphatic rings. The largest absolute Gasteiger partial charge is 0.497 e. The van der Waals surface area contributed by atoms with E-state index in [1.807, 2.05) is 72.8 Å². The van der Waals surface area contributed by atoms with Crippen molar-refractivity contribution in [2.45, 2.75) is 17.5 Å². The highest BCUT2D eigenvalue weighted by molar-refractivity contribution is 8.00. The number of aromatic nitrogens is 2. The lowest BCUT2D eigenvalue weighted by Gasteiger charge is -2.22. The van der Waals surface area contributed by atoms with Crippen LogP contribution in [-0.2, 0) is 4.79 Å². The molecule has 7 nitrogen and oxygen atoms in total. The summed E-state index contributed by atoms with van der Waals surface area (Å²) in [5.41, 5.74) is 3.69. The van der Waals surface area contributed by atoms with Crippen molar-refractivity contribution < 1.29 is 14.3 Å². The fourth-order valence-corrected chi connectivity index (χ4v) is 4.92. The van der Waals surface area contributed by atoms with Gasteiger partial charge in [-0.1, -0.05) is 42.1 Å². The minimum atomic E-state index is -0.201. The van der Waals surface area contributed by atoms with Crippen LogP contribution in [0.1, 0.15) is 23.6 Å². The molecular formula is C27H24N4O3S. The molecule has 0 unspecified atom stereocenters. The van der Waals surface area contributed by atoms with Crippen LogP contribution in [-0.4, -0.2) is 46.6 Å². The Labute approximate surface area is 207 Å². The molecular weight excluding hydrogens is 460 g/mol. The van der Waals surface area contributed by atoms with Crippen molar-refractivity contribution >= 4 is 34.3 Å². The number of hydrogen-bond acceptors (Lipinski definition) is 7. The van der Waals surface area contributed by atoms with Crippen LogP contribution in [0.25, 0.3) is 10.9 Å². The lowest BCUT2D eigenvalue weighted by Crippen LogP contribution is -2.28. The molecule has 4 aromatic rings. The predicted octanol–water partition coefficient (Wildman–Crippen LogP) is 5.12. The Kier molecular flexibility index (Phi) is 6.63. The second-order valence-electron chi connectivity index (χ2n) is 7.99. The third-order valence-corrected chi connectivity index (χ3v) is 6.92. The van der Waals surface area contributed by atoms with Crippen molar-refractivity contribution in [3.05, 3.63) is 90.3 Å². The van der Waals surface area contributed by atoms with Crippen LogP contribution in [0.5, 0.6) is 11.5 Å². The summed E-state index contributed by atoms with van der Waals surface area (Å²) in [6.45, 7) is 0. The standard InChI is InChI=1S/C27H24N4O3S/c1-33-20-11-7-18(8-12-20)24-15-25(19-9-13-21(34-2)14-10-19)31(30-24)26(32)16-35-27-22-5-3-4-6-23(22)28-17-29-27/h3-14,17,25H,15-16H2,1-2H3/t25-/m0/s1. The number of amides is 1. The number of methoxy groups -OCH3 is 2. The number of hydrazone groups is 1. The number of ether oxygens (including phenoxy) is 2. The van der Waals surface area contributed by atoms with Crippen molar-refractivity contribution in [2.24, 2.45) is 5.10 Å². The topological polar surface area (TPSA) is 76.9 Å². The molecule has 8 heteroatoms. The van der Waals surface area contributed by atoms with Crippen molar-refractivity contribution in [3.8, 4) is 11.5 Å². The first-order valence-corrected chi connectivity index (χ1v) is 12.2. The maximum atomic E-state index is 13.4. The summed E-state index contributed by atoms with van der Waals surface area (Å²) in [7, 11) is 3.28. The van der Waals surface area contributed by atoms with Gasteiger partial charge in [-0.2, -0.15) is 5.10 Å². The minimum absolute atomic E-state index is 0.0815. The molecule has 0 saturated heterocycles. The quantitative estimate of drug-likeness (QED) is 0.268. The average molecular weight is 485 g/mol. The molecule has 1 aromatic heterocycles. The van der Waals surface area contributed by atoms with Gasteiger partial charge in [0.2, 0.25) is 0 Å². The fourth-order valence-electron chi connectivity index (χ4n) is 4.08. The van der Waals surface area contributed by atoms with Gasteiger partial charge >= 0.3 is 0 Å².